The number of benzene rings is 2. The molecule has 0 amide bonds. The molecule has 4 nitrogen and oxygen atoms in total. The number of rotatable bonds is 3. The maximum atomic E-state index is 8.87. The van der Waals surface area contributed by atoms with Crippen molar-refractivity contribution < 1.29 is 5.21 Å². The van der Waals surface area contributed by atoms with Crippen molar-refractivity contribution in [2.45, 2.75) is 13.5 Å². The van der Waals surface area contributed by atoms with Gasteiger partial charge in [-0.15, -0.1) is 0 Å². The summed E-state index contributed by atoms with van der Waals surface area (Å²) in [5.41, 5.74) is 10.0. The Morgan fingerprint density at radius 1 is 1.14 bits per heavy atom. The molecule has 0 aliphatic heterocycles. The fourth-order valence-corrected chi connectivity index (χ4v) is 2.53. The quantitative estimate of drug-likeness (QED) is 0.335. The van der Waals surface area contributed by atoms with E-state index in [0.29, 0.717) is 0 Å². The van der Waals surface area contributed by atoms with Gasteiger partial charge in [-0.25, -0.2) is 0 Å². The largest absolute Gasteiger partial charge is 0.409 e. The first-order valence-corrected chi connectivity index (χ1v) is 6.80. The van der Waals surface area contributed by atoms with Crippen LogP contribution in [0.4, 0.5) is 0 Å². The molecule has 106 valence electrons. The third kappa shape index (κ3) is 2.48. The molecule has 4 heteroatoms. The van der Waals surface area contributed by atoms with Crippen LogP contribution in [-0.2, 0) is 6.54 Å². The van der Waals surface area contributed by atoms with E-state index in [0.717, 1.165) is 23.0 Å². The first-order valence-electron chi connectivity index (χ1n) is 6.80. The van der Waals surface area contributed by atoms with Crippen LogP contribution in [0.25, 0.3) is 10.9 Å². The van der Waals surface area contributed by atoms with Gasteiger partial charge >= 0.3 is 0 Å². The lowest BCUT2D eigenvalue weighted by molar-refractivity contribution is 0.318. The van der Waals surface area contributed by atoms with Crippen LogP contribution < -0.4 is 5.73 Å². The van der Waals surface area contributed by atoms with E-state index in [2.05, 4.69) is 40.9 Å². The van der Waals surface area contributed by atoms with E-state index in [1.807, 2.05) is 30.5 Å². The summed E-state index contributed by atoms with van der Waals surface area (Å²) in [4.78, 5) is 0. The lowest BCUT2D eigenvalue weighted by atomic mass is 10.1. The van der Waals surface area contributed by atoms with E-state index < -0.39 is 0 Å². The fraction of sp³-hybridized carbons (Fsp3) is 0.118. The van der Waals surface area contributed by atoms with Gasteiger partial charge in [-0.2, -0.15) is 0 Å². The number of fused-ring (bicyclic) bond motifs is 1. The molecule has 0 atom stereocenters. The summed E-state index contributed by atoms with van der Waals surface area (Å²) in [6.45, 7) is 2.88. The zero-order valence-corrected chi connectivity index (χ0v) is 11.8. The summed E-state index contributed by atoms with van der Waals surface area (Å²) in [7, 11) is 0. The predicted octanol–water partition coefficient (Wildman–Crippen LogP) is 3.09. The van der Waals surface area contributed by atoms with Gasteiger partial charge in [-0.1, -0.05) is 47.1 Å². The summed E-state index contributed by atoms with van der Waals surface area (Å²) in [6, 6.07) is 16.3. The van der Waals surface area contributed by atoms with E-state index in [1.165, 1.54) is 11.1 Å². The van der Waals surface area contributed by atoms with Crippen LogP contribution in [0.1, 0.15) is 16.7 Å². The fourth-order valence-electron chi connectivity index (χ4n) is 2.53. The van der Waals surface area contributed by atoms with E-state index in [-0.39, 0.29) is 5.84 Å². The average Bonchev–Trinajstić information content (AvgIpc) is 2.92. The highest BCUT2D eigenvalue weighted by Crippen LogP contribution is 2.21. The first-order chi connectivity index (χ1) is 10.2. The van der Waals surface area contributed by atoms with E-state index in [1.54, 1.807) is 0 Å². The van der Waals surface area contributed by atoms with E-state index >= 15 is 0 Å². The van der Waals surface area contributed by atoms with Gasteiger partial charge in [-0.3, -0.25) is 0 Å². The smallest absolute Gasteiger partial charge is 0.170 e. The van der Waals surface area contributed by atoms with Crippen molar-refractivity contribution in [3.8, 4) is 0 Å². The minimum Gasteiger partial charge on any atom is -0.409 e. The highest BCUT2D eigenvalue weighted by atomic mass is 16.4. The molecule has 1 aromatic heterocycles. The van der Waals surface area contributed by atoms with Crippen LogP contribution in [0.5, 0.6) is 0 Å². The summed E-state index contributed by atoms with van der Waals surface area (Å²) in [6.07, 6.45) is 2.03. The Morgan fingerprint density at radius 2 is 1.90 bits per heavy atom. The second-order valence-electron chi connectivity index (χ2n) is 5.15. The number of nitrogens with zero attached hydrogens (tertiary/aromatic N) is 2. The maximum Gasteiger partial charge on any atom is 0.170 e. The number of oxime groups is 1. The Kier molecular flexibility index (Phi) is 3.36. The van der Waals surface area contributed by atoms with Crippen molar-refractivity contribution in [3.63, 3.8) is 0 Å². The first kappa shape index (κ1) is 13.2. The number of amidine groups is 1. The molecular weight excluding hydrogens is 262 g/mol. The zero-order valence-electron chi connectivity index (χ0n) is 11.8. The highest BCUT2D eigenvalue weighted by molar-refractivity contribution is 6.08. The molecule has 3 aromatic rings. The SMILES string of the molecule is Cc1ccc(Cn2ccc3c(/C(N)=N/O)cccc32)cc1. The molecule has 0 aliphatic carbocycles. The molecule has 0 fully saturated rings. The Hall–Kier alpha value is -2.75. The van der Waals surface area contributed by atoms with E-state index in [4.69, 9.17) is 10.9 Å². The van der Waals surface area contributed by atoms with Crippen molar-refractivity contribution in [2.75, 3.05) is 0 Å². The van der Waals surface area contributed by atoms with Gasteiger partial charge in [-0.05, 0) is 24.6 Å². The van der Waals surface area contributed by atoms with Crippen molar-refractivity contribution in [1.82, 2.24) is 4.57 Å². The lowest BCUT2D eigenvalue weighted by Gasteiger charge is -2.07. The molecule has 0 aliphatic rings. The topological polar surface area (TPSA) is 63.5 Å². The molecule has 0 spiro atoms. The molecule has 3 rings (SSSR count). The predicted molar refractivity (Wildman–Crippen MR) is 84.7 cm³/mol. The molecule has 0 saturated carbocycles. The summed E-state index contributed by atoms with van der Waals surface area (Å²) in [5, 5.41) is 13.0. The van der Waals surface area contributed by atoms with Crippen LogP contribution >= 0.6 is 0 Å². The highest BCUT2D eigenvalue weighted by Gasteiger charge is 2.08. The minimum atomic E-state index is 0.133. The minimum absolute atomic E-state index is 0.133. The second-order valence-corrected chi connectivity index (χ2v) is 5.15. The Balaban J connectivity index is 2.03. The van der Waals surface area contributed by atoms with Crippen LogP contribution in [0.3, 0.4) is 0 Å². The molecule has 0 bridgehead atoms. The van der Waals surface area contributed by atoms with Crippen LogP contribution in [-0.4, -0.2) is 15.6 Å². The monoisotopic (exact) mass is 279 g/mol. The normalized spacial score (nSPS) is 12.0. The third-order valence-corrected chi connectivity index (χ3v) is 3.67. The van der Waals surface area contributed by atoms with Crippen molar-refractivity contribution in [2.24, 2.45) is 10.9 Å². The average molecular weight is 279 g/mol. The number of aromatic nitrogens is 1. The van der Waals surface area contributed by atoms with Crippen LogP contribution in [0.2, 0.25) is 0 Å². The van der Waals surface area contributed by atoms with Crippen molar-refractivity contribution in [1.29, 1.82) is 0 Å². The number of hydrogen-bond donors (Lipinski definition) is 2. The molecule has 3 N–H and O–H groups in total. The number of aryl methyl sites for hydroxylation is 1. The zero-order chi connectivity index (χ0) is 14.8. The summed E-state index contributed by atoms with van der Waals surface area (Å²) < 4.78 is 2.16. The molecule has 0 saturated heterocycles. The summed E-state index contributed by atoms with van der Waals surface area (Å²) in [5.74, 6) is 0.133. The Morgan fingerprint density at radius 3 is 2.62 bits per heavy atom. The standard InChI is InChI=1S/C17H17N3O/c1-12-5-7-13(8-6-12)11-20-10-9-14-15(17(18)19-21)3-2-4-16(14)20/h2-10,21H,11H2,1H3,(H2,18,19). The van der Waals surface area contributed by atoms with Crippen LogP contribution in [0.15, 0.2) is 59.9 Å². The molecule has 2 aromatic carbocycles. The maximum absolute atomic E-state index is 8.87. The van der Waals surface area contributed by atoms with Gasteiger partial charge in [0.05, 0.1) is 0 Å². The van der Waals surface area contributed by atoms with E-state index in [9.17, 15) is 0 Å². The molecular formula is C17H17N3O. The third-order valence-electron chi connectivity index (χ3n) is 3.67. The van der Waals surface area contributed by atoms with Crippen LogP contribution in [0, 0.1) is 6.92 Å². The van der Waals surface area contributed by atoms with Gasteiger partial charge in [0.2, 0.25) is 0 Å². The summed E-state index contributed by atoms with van der Waals surface area (Å²) >= 11 is 0. The van der Waals surface area contributed by atoms with Gasteiger partial charge in [0.15, 0.2) is 5.84 Å². The molecule has 0 unspecified atom stereocenters. The van der Waals surface area contributed by atoms with Gasteiger partial charge in [0, 0.05) is 29.2 Å². The van der Waals surface area contributed by atoms with Gasteiger partial charge in [0.1, 0.15) is 0 Å². The number of hydrogen-bond acceptors (Lipinski definition) is 2. The van der Waals surface area contributed by atoms with Gasteiger partial charge < -0.3 is 15.5 Å². The molecule has 0 radical (unpaired) electrons. The number of nitrogens with two attached hydrogens (primary N) is 1. The van der Waals surface area contributed by atoms with Gasteiger partial charge in [0.25, 0.3) is 0 Å². The lowest BCUT2D eigenvalue weighted by Crippen LogP contribution is -2.13. The Bertz CT molecular complexity index is 801. The second kappa shape index (κ2) is 5.32. The molecule has 1 heterocycles. The Labute approximate surface area is 123 Å². The van der Waals surface area contributed by atoms with Crippen molar-refractivity contribution in [3.05, 3.63) is 71.4 Å². The van der Waals surface area contributed by atoms with Crippen molar-refractivity contribution >= 4 is 16.7 Å². The molecule has 21 heavy (non-hydrogen) atoms.